The Morgan fingerprint density at radius 1 is 1.20 bits per heavy atom. The molecule has 0 radical (unpaired) electrons. The molecule has 30 heavy (non-hydrogen) atoms. The lowest BCUT2D eigenvalue weighted by Gasteiger charge is -2.17. The normalized spacial score (nSPS) is 14.7. The van der Waals surface area contributed by atoms with Crippen LogP contribution >= 0.6 is 0 Å². The van der Waals surface area contributed by atoms with E-state index in [0.717, 1.165) is 23.3 Å². The number of carbonyl (C=O) groups is 1. The van der Waals surface area contributed by atoms with Crippen LogP contribution in [0.25, 0.3) is 11.0 Å². The molecule has 9 heteroatoms. The van der Waals surface area contributed by atoms with Crippen molar-refractivity contribution in [1.29, 1.82) is 0 Å². The third-order valence-corrected chi connectivity index (χ3v) is 4.94. The van der Waals surface area contributed by atoms with Gasteiger partial charge in [-0.25, -0.2) is 9.37 Å². The molecule has 1 amide bonds. The van der Waals surface area contributed by atoms with Gasteiger partial charge < -0.3 is 14.5 Å². The average molecular weight is 411 g/mol. The highest BCUT2D eigenvalue weighted by Crippen LogP contribution is 2.30. The number of carbonyl (C=O) groups excluding carboxylic acids is 1. The number of alkyl halides is 1. The molecule has 1 N–H and O–H groups in total. The molecule has 4 rings (SSSR count). The van der Waals surface area contributed by atoms with Crippen molar-refractivity contribution in [3.05, 3.63) is 54.1 Å². The Morgan fingerprint density at radius 3 is 2.90 bits per heavy atom. The van der Waals surface area contributed by atoms with Crippen LogP contribution in [-0.2, 0) is 22.7 Å². The molecular weight excluding hydrogens is 389 g/mol. The lowest BCUT2D eigenvalue weighted by molar-refractivity contribution is -0.112. The summed E-state index contributed by atoms with van der Waals surface area (Å²) in [5.41, 5.74) is 3.15. The van der Waals surface area contributed by atoms with Gasteiger partial charge in [0.05, 0.1) is 29.5 Å². The first-order valence-corrected chi connectivity index (χ1v) is 9.81. The van der Waals surface area contributed by atoms with Gasteiger partial charge in [-0.1, -0.05) is 17.3 Å². The monoisotopic (exact) mass is 411 g/mol. The molecule has 0 saturated heterocycles. The van der Waals surface area contributed by atoms with Crippen molar-refractivity contribution in [2.24, 2.45) is 5.16 Å². The van der Waals surface area contributed by atoms with E-state index in [4.69, 9.17) is 14.9 Å². The Kier molecular flexibility index (Phi) is 5.99. The van der Waals surface area contributed by atoms with Crippen LogP contribution in [0.15, 0.2) is 47.9 Å². The van der Waals surface area contributed by atoms with E-state index in [-0.39, 0.29) is 31.4 Å². The van der Waals surface area contributed by atoms with Gasteiger partial charge >= 0.3 is 0 Å². The van der Waals surface area contributed by atoms with Gasteiger partial charge in [0.1, 0.15) is 19.1 Å². The smallest absolute Gasteiger partial charge is 0.281 e. The minimum Gasteiger partial charge on any atom is -0.396 e. The lowest BCUT2D eigenvalue weighted by Crippen LogP contribution is -2.31. The number of aliphatic hydroxyl groups is 1. The SMILES string of the molecule is O=C1/C(=N/OCCF)c2ccncc2N1Cc1nc2ccccc2n1CCCCO. The highest BCUT2D eigenvalue weighted by atomic mass is 19.1. The second-order valence-electron chi connectivity index (χ2n) is 6.85. The zero-order valence-corrected chi connectivity index (χ0v) is 16.4. The van der Waals surface area contributed by atoms with Gasteiger partial charge in [0, 0.05) is 24.9 Å². The number of hydrogen-bond donors (Lipinski definition) is 1. The maximum atomic E-state index is 13.1. The first-order valence-electron chi connectivity index (χ1n) is 9.81. The number of rotatable bonds is 9. The fourth-order valence-electron chi connectivity index (χ4n) is 3.56. The average Bonchev–Trinajstić information content (AvgIpc) is 3.25. The van der Waals surface area contributed by atoms with E-state index in [9.17, 15) is 9.18 Å². The standard InChI is InChI=1S/C21H22FN5O3/c22-8-12-30-25-20-15-7-9-23-13-18(15)27(21(20)29)14-19-24-16-5-1-2-6-17(16)26(19)10-3-4-11-28/h1-2,5-7,9,13,28H,3-4,8,10-12,14H2/b25-20+. The second kappa shape index (κ2) is 9.00. The number of nitrogens with zero attached hydrogens (tertiary/aromatic N) is 5. The van der Waals surface area contributed by atoms with E-state index >= 15 is 0 Å². The van der Waals surface area contributed by atoms with Crippen molar-refractivity contribution in [2.45, 2.75) is 25.9 Å². The van der Waals surface area contributed by atoms with Crippen LogP contribution < -0.4 is 4.90 Å². The number of para-hydroxylation sites is 2. The minimum atomic E-state index is -0.685. The van der Waals surface area contributed by atoms with Crippen LogP contribution in [0.5, 0.6) is 0 Å². The van der Waals surface area contributed by atoms with Crippen LogP contribution in [0.4, 0.5) is 10.1 Å². The predicted octanol–water partition coefficient (Wildman–Crippen LogP) is 2.44. The third kappa shape index (κ3) is 3.76. The molecule has 1 aliphatic heterocycles. The number of halogens is 1. The predicted molar refractivity (Wildman–Crippen MR) is 110 cm³/mol. The summed E-state index contributed by atoms with van der Waals surface area (Å²) in [6.07, 6.45) is 4.65. The highest BCUT2D eigenvalue weighted by Gasteiger charge is 2.36. The van der Waals surface area contributed by atoms with E-state index in [1.807, 2.05) is 24.3 Å². The summed E-state index contributed by atoms with van der Waals surface area (Å²) in [7, 11) is 0. The third-order valence-electron chi connectivity index (χ3n) is 4.94. The summed E-state index contributed by atoms with van der Waals surface area (Å²) < 4.78 is 14.4. The molecule has 0 spiro atoms. The maximum absolute atomic E-state index is 13.1. The van der Waals surface area contributed by atoms with Gasteiger partial charge in [-0.2, -0.15) is 0 Å². The number of unbranched alkanes of at least 4 members (excludes halogenated alkanes) is 1. The van der Waals surface area contributed by atoms with E-state index < -0.39 is 6.67 Å². The molecule has 2 aromatic heterocycles. The fraction of sp³-hybridized carbons (Fsp3) is 0.333. The molecule has 8 nitrogen and oxygen atoms in total. The summed E-state index contributed by atoms with van der Waals surface area (Å²) in [6.45, 7) is 0.143. The van der Waals surface area contributed by atoms with E-state index in [0.29, 0.717) is 24.2 Å². The quantitative estimate of drug-likeness (QED) is 0.431. The molecular formula is C21H22FN5O3. The number of anilines is 1. The van der Waals surface area contributed by atoms with Gasteiger partial charge in [0.15, 0.2) is 5.71 Å². The molecule has 1 aromatic carbocycles. The highest BCUT2D eigenvalue weighted by molar-refractivity contribution is 6.54. The van der Waals surface area contributed by atoms with Crippen molar-refractivity contribution < 1.29 is 19.1 Å². The van der Waals surface area contributed by atoms with E-state index in [2.05, 4.69) is 14.7 Å². The molecule has 3 aromatic rings. The molecule has 1 aliphatic rings. The number of fused-ring (bicyclic) bond motifs is 2. The van der Waals surface area contributed by atoms with Crippen LogP contribution in [0.3, 0.4) is 0 Å². The van der Waals surface area contributed by atoms with Gasteiger partial charge in [-0.15, -0.1) is 0 Å². The van der Waals surface area contributed by atoms with Crippen LogP contribution in [0, 0.1) is 0 Å². The molecule has 0 saturated carbocycles. The van der Waals surface area contributed by atoms with Crippen LogP contribution in [0.1, 0.15) is 24.2 Å². The van der Waals surface area contributed by atoms with Crippen molar-refractivity contribution in [3.63, 3.8) is 0 Å². The number of imidazole rings is 1. The summed E-state index contributed by atoms with van der Waals surface area (Å²) in [4.78, 5) is 28.4. The Morgan fingerprint density at radius 2 is 2.07 bits per heavy atom. The lowest BCUT2D eigenvalue weighted by atomic mass is 10.2. The molecule has 156 valence electrons. The molecule has 3 heterocycles. The van der Waals surface area contributed by atoms with Gasteiger partial charge in [0.25, 0.3) is 5.91 Å². The molecule has 0 unspecified atom stereocenters. The summed E-state index contributed by atoms with van der Waals surface area (Å²) >= 11 is 0. The van der Waals surface area contributed by atoms with E-state index in [1.54, 1.807) is 23.4 Å². The number of hydrogen-bond acceptors (Lipinski definition) is 6. The summed E-state index contributed by atoms with van der Waals surface area (Å²) in [6, 6.07) is 9.48. The number of amides is 1. The fourth-order valence-corrected chi connectivity index (χ4v) is 3.56. The largest absolute Gasteiger partial charge is 0.396 e. The van der Waals surface area contributed by atoms with Crippen molar-refractivity contribution in [1.82, 2.24) is 14.5 Å². The first-order chi connectivity index (χ1) is 14.7. The minimum absolute atomic E-state index is 0.129. The van der Waals surface area contributed by atoms with Gasteiger partial charge in [-0.3, -0.25) is 14.7 Å². The molecule has 0 bridgehead atoms. The molecule has 0 fully saturated rings. The van der Waals surface area contributed by atoms with Crippen LogP contribution in [-0.4, -0.2) is 51.1 Å². The molecule has 0 atom stereocenters. The Bertz CT molecular complexity index is 1080. The topological polar surface area (TPSA) is 92.8 Å². The van der Waals surface area contributed by atoms with Gasteiger partial charge in [0.2, 0.25) is 0 Å². The summed E-state index contributed by atoms with van der Waals surface area (Å²) in [5, 5.41) is 13.0. The number of aryl methyl sites for hydroxylation is 1. The number of aliphatic hydroxyl groups excluding tert-OH is 1. The Labute approximate surface area is 172 Å². The number of pyridine rings is 1. The Hall–Kier alpha value is -3.33. The van der Waals surface area contributed by atoms with Crippen molar-refractivity contribution in [3.8, 4) is 0 Å². The number of oxime groups is 1. The molecule has 0 aliphatic carbocycles. The van der Waals surface area contributed by atoms with Gasteiger partial charge in [-0.05, 0) is 31.0 Å². The van der Waals surface area contributed by atoms with E-state index in [1.165, 1.54) is 0 Å². The number of aromatic nitrogens is 3. The second-order valence-corrected chi connectivity index (χ2v) is 6.85. The zero-order chi connectivity index (χ0) is 20.9. The maximum Gasteiger partial charge on any atom is 0.281 e. The van der Waals surface area contributed by atoms with Crippen LogP contribution in [0.2, 0.25) is 0 Å². The Balaban J connectivity index is 1.68. The number of benzene rings is 1. The summed E-state index contributed by atoms with van der Waals surface area (Å²) in [5.74, 6) is 0.383. The zero-order valence-electron chi connectivity index (χ0n) is 16.4. The first kappa shape index (κ1) is 20.0. The van der Waals surface area contributed by atoms with Crippen molar-refractivity contribution in [2.75, 3.05) is 24.8 Å². The van der Waals surface area contributed by atoms with Crippen molar-refractivity contribution >= 4 is 28.3 Å².